The highest BCUT2D eigenvalue weighted by molar-refractivity contribution is 5.49. The van der Waals surface area contributed by atoms with Crippen LogP contribution in [0.5, 0.6) is 0 Å². The number of aromatic nitrogens is 2. The number of nitrogens with zero attached hydrogens (tertiary/aromatic N) is 3. The molecule has 0 amide bonds. The Kier molecular flexibility index (Phi) is 4.58. The summed E-state index contributed by atoms with van der Waals surface area (Å²) in [4.78, 5) is 10.9. The molecule has 0 spiro atoms. The molecule has 2 atom stereocenters. The second-order valence-corrected chi connectivity index (χ2v) is 5.26. The van der Waals surface area contributed by atoms with Gasteiger partial charge in [-0.05, 0) is 26.7 Å². The summed E-state index contributed by atoms with van der Waals surface area (Å²) in [6.07, 6.45) is 5.80. The second kappa shape index (κ2) is 6.19. The van der Waals surface area contributed by atoms with Gasteiger partial charge in [-0.2, -0.15) is 4.98 Å². The van der Waals surface area contributed by atoms with Gasteiger partial charge in [0.25, 0.3) is 0 Å². The van der Waals surface area contributed by atoms with E-state index in [0.29, 0.717) is 5.95 Å². The van der Waals surface area contributed by atoms with E-state index in [1.807, 2.05) is 27.1 Å². The highest BCUT2D eigenvalue weighted by atomic mass is 16.3. The van der Waals surface area contributed by atoms with Crippen molar-refractivity contribution in [2.75, 3.05) is 23.8 Å². The topological polar surface area (TPSA) is 61.3 Å². The molecule has 1 heterocycles. The third kappa shape index (κ3) is 3.15. The van der Waals surface area contributed by atoms with Gasteiger partial charge in [-0.1, -0.05) is 12.8 Å². The van der Waals surface area contributed by atoms with Crippen LogP contribution in [0.2, 0.25) is 0 Å². The Balaban J connectivity index is 2.21. The fraction of sp³-hybridized carbons (Fsp3) is 0.714. The maximum atomic E-state index is 10.2. The van der Waals surface area contributed by atoms with Crippen LogP contribution in [0.3, 0.4) is 0 Å². The predicted molar refractivity (Wildman–Crippen MR) is 77.6 cm³/mol. The molecule has 1 aliphatic rings. The number of hydrogen-bond acceptors (Lipinski definition) is 5. The van der Waals surface area contributed by atoms with Gasteiger partial charge in [-0.15, -0.1) is 0 Å². The summed E-state index contributed by atoms with van der Waals surface area (Å²) in [6.45, 7) is 4.84. The summed E-state index contributed by atoms with van der Waals surface area (Å²) >= 11 is 0. The number of aliphatic hydroxyl groups excluding tert-OH is 1. The van der Waals surface area contributed by atoms with Crippen LogP contribution in [0, 0.1) is 6.92 Å². The second-order valence-electron chi connectivity index (χ2n) is 5.26. The van der Waals surface area contributed by atoms with E-state index >= 15 is 0 Å². The minimum Gasteiger partial charge on any atom is -0.391 e. The summed E-state index contributed by atoms with van der Waals surface area (Å²) in [7, 11) is 2.02. The molecular formula is C14H24N4O. The third-order valence-corrected chi connectivity index (χ3v) is 3.81. The highest BCUT2D eigenvalue weighted by Gasteiger charge is 2.28. The SMILES string of the molecule is CCNc1ncc(C)c(N(C)C2CCCCC2O)n1. The van der Waals surface area contributed by atoms with Gasteiger partial charge in [0.1, 0.15) is 5.82 Å². The maximum absolute atomic E-state index is 10.2. The number of rotatable bonds is 4. The average Bonchev–Trinajstić information content (AvgIpc) is 2.41. The van der Waals surface area contributed by atoms with Crippen molar-refractivity contribution in [2.45, 2.75) is 51.7 Å². The molecule has 1 aromatic rings. The smallest absolute Gasteiger partial charge is 0.224 e. The molecule has 0 aliphatic heterocycles. The van der Waals surface area contributed by atoms with Crippen molar-refractivity contribution in [1.82, 2.24) is 9.97 Å². The molecule has 5 heteroatoms. The number of aryl methyl sites for hydroxylation is 1. The molecule has 1 aromatic heterocycles. The van der Waals surface area contributed by atoms with E-state index in [0.717, 1.165) is 37.2 Å². The van der Waals surface area contributed by atoms with Gasteiger partial charge in [0.05, 0.1) is 12.1 Å². The van der Waals surface area contributed by atoms with E-state index < -0.39 is 0 Å². The van der Waals surface area contributed by atoms with Crippen molar-refractivity contribution in [3.05, 3.63) is 11.8 Å². The summed E-state index contributed by atoms with van der Waals surface area (Å²) < 4.78 is 0. The molecule has 1 saturated carbocycles. The van der Waals surface area contributed by atoms with Crippen LogP contribution in [-0.2, 0) is 0 Å². The minimum absolute atomic E-state index is 0.164. The van der Waals surface area contributed by atoms with Crippen molar-refractivity contribution in [3.8, 4) is 0 Å². The van der Waals surface area contributed by atoms with Crippen molar-refractivity contribution < 1.29 is 5.11 Å². The Morgan fingerprint density at radius 2 is 2.16 bits per heavy atom. The molecule has 2 unspecified atom stereocenters. The van der Waals surface area contributed by atoms with Gasteiger partial charge in [0.15, 0.2) is 0 Å². The Bertz CT molecular complexity index is 424. The lowest BCUT2D eigenvalue weighted by Crippen LogP contribution is -2.44. The molecule has 0 radical (unpaired) electrons. The van der Waals surface area contributed by atoms with E-state index in [1.54, 1.807) is 0 Å². The van der Waals surface area contributed by atoms with E-state index in [1.165, 1.54) is 6.42 Å². The Morgan fingerprint density at radius 3 is 2.84 bits per heavy atom. The average molecular weight is 264 g/mol. The van der Waals surface area contributed by atoms with E-state index in [9.17, 15) is 5.11 Å². The predicted octanol–water partition coefficient (Wildman–Crippen LogP) is 1.96. The van der Waals surface area contributed by atoms with Crippen molar-refractivity contribution in [1.29, 1.82) is 0 Å². The first-order valence-electron chi connectivity index (χ1n) is 7.12. The van der Waals surface area contributed by atoms with Gasteiger partial charge in [-0.3, -0.25) is 0 Å². The lowest BCUT2D eigenvalue weighted by atomic mass is 9.91. The largest absolute Gasteiger partial charge is 0.391 e. The van der Waals surface area contributed by atoms with E-state index in [-0.39, 0.29) is 12.1 Å². The standard InChI is InChI=1S/C14H24N4O/c1-4-15-14-16-9-10(2)13(17-14)18(3)11-7-5-6-8-12(11)19/h9,11-12,19H,4-8H2,1-3H3,(H,15,16,17). The fourth-order valence-corrected chi connectivity index (χ4v) is 2.73. The van der Waals surface area contributed by atoms with Crippen molar-refractivity contribution >= 4 is 11.8 Å². The number of nitrogens with one attached hydrogen (secondary N) is 1. The molecular weight excluding hydrogens is 240 g/mol. The molecule has 1 aliphatic carbocycles. The summed E-state index contributed by atoms with van der Waals surface area (Å²) in [6, 6.07) is 0.164. The van der Waals surface area contributed by atoms with Crippen LogP contribution >= 0.6 is 0 Å². The first kappa shape index (κ1) is 14.1. The molecule has 19 heavy (non-hydrogen) atoms. The lowest BCUT2D eigenvalue weighted by Gasteiger charge is -2.36. The van der Waals surface area contributed by atoms with Crippen LogP contribution in [0.4, 0.5) is 11.8 Å². The van der Waals surface area contributed by atoms with Gasteiger partial charge in [0.2, 0.25) is 5.95 Å². The molecule has 0 bridgehead atoms. The number of anilines is 2. The number of likely N-dealkylation sites (N-methyl/N-ethyl adjacent to an activating group) is 1. The van der Waals surface area contributed by atoms with Gasteiger partial charge < -0.3 is 15.3 Å². The number of hydrogen-bond donors (Lipinski definition) is 2. The van der Waals surface area contributed by atoms with Crippen LogP contribution in [-0.4, -0.2) is 40.8 Å². The van der Waals surface area contributed by atoms with Crippen LogP contribution in [0.25, 0.3) is 0 Å². The first-order valence-corrected chi connectivity index (χ1v) is 7.12. The molecule has 106 valence electrons. The fourth-order valence-electron chi connectivity index (χ4n) is 2.73. The van der Waals surface area contributed by atoms with E-state index in [2.05, 4.69) is 20.2 Å². The van der Waals surface area contributed by atoms with E-state index in [4.69, 9.17) is 0 Å². The summed E-state index contributed by atoms with van der Waals surface area (Å²) in [5, 5.41) is 13.3. The third-order valence-electron chi connectivity index (χ3n) is 3.81. The van der Waals surface area contributed by atoms with Gasteiger partial charge in [0, 0.05) is 25.4 Å². The van der Waals surface area contributed by atoms with Crippen molar-refractivity contribution in [2.24, 2.45) is 0 Å². The van der Waals surface area contributed by atoms with Crippen LogP contribution in [0.15, 0.2) is 6.20 Å². The summed E-state index contributed by atoms with van der Waals surface area (Å²) in [5.41, 5.74) is 1.04. The Hall–Kier alpha value is -1.36. The molecule has 5 nitrogen and oxygen atoms in total. The molecule has 2 N–H and O–H groups in total. The Labute approximate surface area is 115 Å². The number of aliphatic hydroxyl groups is 1. The normalized spacial score (nSPS) is 23.2. The zero-order valence-electron chi connectivity index (χ0n) is 12.1. The Morgan fingerprint density at radius 1 is 1.42 bits per heavy atom. The zero-order chi connectivity index (χ0) is 13.8. The van der Waals surface area contributed by atoms with Crippen LogP contribution < -0.4 is 10.2 Å². The minimum atomic E-state index is -0.254. The maximum Gasteiger partial charge on any atom is 0.224 e. The van der Waals surface area contributed by atoms with Gasteiger partial charge >= 0.3 is 0 Å². The molecule has 1 fully saturated rings. The lowest BCUT2D eigenvalue weighted by molar-refractivity contribution is 0.106. The highest BCUT2D eigenvalue weighted by Crippen LogP contribution is 2.27. The quantitative estimate of drug-likeness (QED) is 0.870. The zero-order valence-corrected chi connectivity index (χ0v) is 12.1. The first-order chi connectivity index (χ1) is 9.13. The van der Waals surface area contributed by atoms with Crippen molar-refractivity contribution in [3.63, 3.8) is 0 Å². The molecule has 2 rings (SSSR count). The monoisotopic (exact) mass is 264 g/mol. The molecule has 0 saturated heterocycles. The van der Waals surface area contributed by atoms with Crippen LogP contribution in [0.1, 0.15) is 38.2 Å². The molecule has 0 aromatic carbocycles. The van der Waals surface area contributed by atoms with Gasteiger partial charge in [-0.25, -0.2) is 4.98 Å². The summed E-state index contributed by atoms with van der Waals surface area (Å²) in [5.74, 6) is 1.57.